The van der Waals surface area contributed by atoms with Crippen molar-refractivity contribution in [3.8, 4) is 19.5 Å². The lowest BCUT2D eigenvalue weighted by atomic mass is 10.1. The number of ether oxygens (including phenoxy) is 1. The molecule has 0 saturated heterocycles. The third-order valence-corrected chi connectivity index (χ3v) is 10.4. The van der Waals surface area contributed by atoms with Crippen LogP contribution in [-0.4, -0.2) is 25.0 Å². The number of thiophene rings is 5. The average Bonchev–Trinajstić information content (AvgIpc) is 3.71. The predicted molar refractivity (Wildman–Crippen MR) is 159 cm³/mol. The molecule has 0 radical (unpaired) electrons. The zero-order chi connectivity index (χ0) is 24.9. The third-order valence-electron chi connectivity index (χ3n) is 5.20. The van der Waals surface area contributed by atoms with Crippen LogP contribution in [0.15, 0.2) is 69.3 Å². The van der Waals surface area contributed by atoms with E-state index < -0.39 is 0 Å². The Morgan fingerprint density at radius 1 is 0.778 bits per heavy atom. The number of hydrogen-bond donors (Lipinski definition) is 0. The van der Waals surface area contributed by atoms with Crippen molar-refractivity contribution in [2.75, 3.05) is 6.61 Å². The molecule has 5 aromatic heterocycles. The number of nitrogens with zero attached hydrogens (tertiary/aromatic N) is 2. The number of aliphatic imine (C=N–C) groups is 2. The van der Waals surface area contributed by atoms with Gasteiger partial charge in [0.1, 0.15) is 15.6 Å². The molecule has 0 bridgehead atoms. The fourth-order valence-electron chi connectivity index (χ4n) is 3.57. The molecular formula is C27H22N2O2S5. The van der Waals surface area contributed by atoms with Crippen LogP contribution in [0.5, 0.6) is 0 Å². The molecule has 4 nitrogen and oxygen atoms in total. The first-order valence-corrected chi connectivity index (χ1v) is 15.6. The van der Waals surface area contributed by atoms with E-state index in [1.807, 2.05) is 26.3 Å². The standard InChI is InChI=1S/C27H22N2O2S5/c1-3-19-24(27(30)31-4-2)26(29-16-18-10-12-23(35-18)21-8-6-14-33-21)36-25(19)28-15-17-9-11-22(34-17)20-7-5-13-32-20/h5-16H,3-4H2,1-2H3/b28-15+,29-16+. The van der Waals surface area contributed by atoms with E-state index in [1.54, 1.807) is 45.3 Å². The summed E-state index contributed by atoms with van der Waals surface area (Å²) in [5.74, 6) is -0.347. The second-order valence-corrected chi connectivity index (χ2v) is 12.6. The van der Waals surface area contributed by atoms with E-state index in [2.05, 4.69) is 59.3 Å². The van der Waals surface area contributed by atoms with Crippen LogP contribution in [-0.2, 0) is 11.2 Å². The number of esters is 1. The Hall–Kier alpha value is -2.69. The molecule has 0 saturated carbocycles. The van der Waals surface area contributed by atoms with Gasteiger partial charge in [-0.05, 0) is 60.5 Å². The molecule has 5 heterocycles. The van der Waals surface area contributed by atoms with E-state index in [0.29, 0.717) is 23.6 Å². The lowest BCUT2D eigenvalue weighted by Crippen LogP contribution is -2.06. The minimum Gasteiger partial charge on any atom is -0.462 e. The van der Waals surface area contributed by atoms with E-state index in [0.717, 1.165) is 20.3 Å². The quantitative estimate of drug-likeness (QED) is 0.132. The summed E-state index contributed by atoms with van der Waals surface area (Å²) >= 11 is 8.27. The molecule has 0 aromatic carbocycles. The van der Waals surface area contributed by atoms with Crippen molar-refractivity contribution in [2.24, 2.45) is 9.98 Å². The van der Waals surface area contributed by atoms with Crippen LogP contribution in [0.4, 0.5) is 10.0 Å². The molecule has 5 rings (SSSR count). The zero-order valence-electron chi connectivity index (χ0n) is 19.6. The topological polar surface area (TPSA) is 51.0 Å². The lowest BCUT2D eigenvalue weighted by molar-refractivity contribution is 0.0527. The molecule has 0 aliphatic heterocycles. The Morgan fingerprint density at radius 3 is 1.86 bits per heavy atom. The number of hydrogen-bond acceptors (Lipinski definition) is 9. The van der Waals surface area contributed by atoms with Gasteiger partial charge in [0.05, 0.1) is 6.61 Å². The molecule has 0 spiro atoms. The fraction of sp³-hybridized carbons (Fsp3) is 0.148. The summed E-state index contributed by atoms with van der Waals surface area (Å²) in [7, 11) is 0. The average molecular weight is 567 g/mol. The fourth-order valence-corrected chi connectivity index (χ4v) is 8.07. The highest BCUT2D eigenvalue weighted by Gasteiger charge is 2.23. The van der Waals surface area contributed by atoms with Crippen LogP contribution in [0, 0.1) is 0 Å². The summed E-state index contributed by atoms with van der Waals surface area (Å²) in [4.78, 5) is 29.4. The summed E-state index contributed by atoms with van der Waals surface area (Å²) in [5, 5.41) is 5.59. The van der Waals surface area contributed by atoms with Gasteiger partial charge in [0.15, 0.2) is 0 Å². The van der Waals surface area contributed by atoms with Gasteiger partial charge in [0, 0.05) is 47.3 Å². The van der Waals surface area contributed by atoms with Crippen molar-refractivity contribution in [3.05, 3.63) is 80.2 Å². The van der Waals surface area contributed by atoms with Gasteiger partial charge in [0.2, 0.25) is 0 Å². The molecule has 5 aromatic rings. The number of carbonyl (C=O) groups is 1. The second-order valence-electron chi connectivity index (χ2n) is 7.51. The Bertz CT molecular complexity index is 1500. The minimum absolute atomic E-state index is 0.315. The van der Waals surface area contributed by atoms with Crippen molar-refractivity contribution in [1.29, 1.82) is 0 Å². The molecular weight excluding hydrogens is 545 g/mol. The highest BCUT2D eigenvalue weighted by Crippen LogP contribution is 2.43. The van der Waals surface area contributed by atoms with Gasteiger partial charge >= 0.3 is 5.97 Å². The van der Waals surface area contributed by atoms with E-state index in [-0.39, 0.29) is 5.97 Å². The summed E-state index contributed by atoms with van der Waals surface area (Å²) in [6, 6.07) is 16.7. The maximum Gasteiger partial charge on any atom is 0.341 e. The first kappa shape index (κ1) is 25.0. The first-order valence-electron chi connectivity index (χ1n) is 11.3. The van der Waals surface area contributed by atoms with E-state index in [4.69, 9.17) is 14.7 Å². The second kappa shape index (κ2) is 11.6. The zero-order valence-corrected chi connectivity index (χ0v) is 23.7. The summed E-state index contributed by atoms with van der Waals surface area (Å²) in [6.45, 7) is 4.16. The van der Waals surface area contributed by atoms with Crippen molar-refractivity contribution < 1.29 is 9.53 Å². The van der Waals surface area contributed by atoms with Gasteiger partial charge in [0.25, 0.3) is 0 Å². The summed E-state index contributed by atoms with van der Waals surface area (Å²) < 4.78 is 5.39. The van der Waals surface area contributed by atoms with Gasteiger partial charge < -0.3 is 4.74 Å². The number of carbonyl (C=O) groups excluding carboxylic acids is 1. The highest BCUT2D eigenvalue weighted by atomic mass is 32.1. The van der Waals surface area contributed by atoms with Crippen LogP contribution in [0.2, 0.25) is 0 Å². The van der Waals surface area contributed by atoms with Crippen LogP contribution in [0.3, 0.4) is 0 Å². The molecule has 0 aliphatic rings. The molecule has 182 valence electrons. The largest absolute Gasteiger partial charge is 0.462 e. The Balaban J connectivity index is 1.45. The van der Waals surface area contributed by atoms with Gasteiger partial charge in [-0.25, -0.2) is 14.8 Å². The molecule has 0 aliphatic carbocycles. The maximum atomic E-state index is 12.9. The van der Waals surface area contributed by atoms with Gasteiger partial charge in [-0.2, -0.15) is 0 Å². The normalized spacial score (nSPS) is 11.7. The maximum absolute atomic E-state index is 12.9. The predicted octanol–water partition coefficient (Wildman–Crippen LogP) is 9.57. The molecule has 0 fully saturated rings. The van der Waals surface area contributed by atoms with Crippen LogP contribution in [0.25, 0.3) is 19.5 Å². The molecule has 9 heteroatoms. The Kier molecular flexibility index (Phi) is 8.03. The molecule has 0 unspecified atom stereocenters. The van der Waals surface area contributed by atoms with Gasteiger partial charge in [-0.3, -0.25) is 0 Å². The smallest absolute Gasteiger partial charge is 0.341 e. The SMILES string of the molecule is CCOC(=O)c1c(/N=C/c2ccc(-c3cccs3)s2)sc(/N=C/c2ccc(-c3cccs3)s2)c1CC. The van der Waals surface area contributed by atoms with Gasteiger partial charge in [-0.15, -0.1) is 45.3 Å². The third kappa shape index (κ3) is 5.50. The van der Waals surface area contributed by atoms with Crippen molar-refractivity contribution in [2.45, 2.75) is 20.3 Å². The summed E-state index contributed by atoms with van der Waals surface area (Å²) in [5.41, 5.74) is 1.40. The monoisotopic (exact) mass is 566 g/mol. The lowest BCUT2D eigenvalue weighted by Gasteiger charge is -2.03. The van der Waals surface area contributed by atoms with Crippen LogP contribution < -0.4 is 0 Å². The number of rotatable bonds is 9. The Labute approximate surface area is 229 Å². The van der Waals surface area contributed by atoms with Crippen LogP contribution in [0.1, 0.15) is 39.5 Å². The molecule has 36 heavy (non-hydrogen) atoms. The van der Waals surface area contributed by atoms with Crippen molar-refractivity contribution in [3.63, 3.8) is 0 Å². The Morgan fingerprint density at radius 2 is 1.36 bits per heavy atom. The molecule has 0 amide bonds. The molecule has 0 N–H and O–H groups in total. The minimum atomic E-state index is -0.347. The van der Waals surface area contributed by atoms with E-state index >= 15 is 0 Å². The van der Waals surface area contributed by atoms with Gasteiger partial charge in [-0.1, -0.05) is 30.4 Å². The van der Waals surface area contributed by atoms with Crippen LogP contribution >= 0.6 is 56.7 Å². The van der Waals surface area contributed by atoms with Crippen molar-refractivity contribution in [1.82, 2.24) is 0 Å². The van der Waals surface area contributed by atoms with Crippen molar-refractivity contribution >= 4 is 85.1 Å². The first-order chi connectivity index (χ1) is 17.7. The highest BCUT2D eigenvalue weighted by molar-refractivity contribution is 7.23. The van der Waals surface area contributed by atoms with E-state index in [1.165, 1.54) is 30.8 Å². The van der Waals surface area contributed by atoms with E-state index in [9.17, 15) is 4.79 Å². The molecule has 0 atom stereocenters. The summed E-state index contributed by atoms with van der Waals surface area (Å²) in [6.07, 6.45) is 4.37.